The van der Waals surface area contributed by atoms with Gasteiger partial charge in [-0.05, 0) is 19.3 Å². The third-order valence-electron chi connectivity index (χ3n) is 2.18. The van der Waals surface area contributed by atoms with E-state index in [1.807, 2.05) is 0 Å². The maximum atomic E-state index is 10.8. The molecule has 2 N–H and O–H groups in total. The molecular weight excluding hydrogens is 252 g/mol. The van der Waals surface area contributed by atoms with Gasteiger partial charge in [-0.2, -0.15) is 0 Å². The van der Waals surface area contributed by atoms with Gasteiger partial charge in [-0.1, -0.05) is 25.2 Å². The van der Waals surface area contributed by atoms with Crippen LogP contribution in [0.5, 0.6) is 0 Å². The van der Waals surface area contributed by atoms with E-state index in [4.69, 9.17) is 9.84 Å². The lowest BCUT2D eigenvalue weighted by atomic mass is 10.2. The number of anilines is 1. The summed E-state index contributed by atoms with van der Waals surface area (Å²) in [5, 5.41) is 12.7. The minimum Gasteiger partial charge on any atom is -0.477 e. The third-order valence-corrected chi connectivity index (χ3v) is 3.29. The minimum absolute atomic E-state index is 0.300. The van der Waals surface area contributed by atoms with Crippen LogP contribution in [0.1, 0.15) is 35.6 Å². The molecule has 0 unspecified atom stereocenters. The molecule has 0 aromatic carbocycles. The van der Waals surface area contributed by atoms with Crippen molar-refractivity contribution in [1.82, 2.24) is 4.98 Å². The molecule has 1 rings (SSSR count). The topological polar surface area (TPSA) is 71.5 Å². The van der Waals surface area contributed by atoms with E-state index >= 15 is 0 Å². The van der Waals surface area contributed by atoms with Crippen LogP contribution in [0.15, 0.2) is 0 Å². The predicted octanol–water partition coefficient (Wildman–Crippen LogP) is 2.62. The number of rotatable bonds is 8. The van der Waals surface area contributed by atoms with E-state index in [0.717, 1.165) is 19.6 Å². The summed E-state index contributed by atoms with van der Waals surface area (Å²) >= 11 is 1.17. The summed E-state index contributed by atoms with van der Waals surface area (Å²) in [6.07, 6.45) is 0.883. The zero-order valence-electron chi connectivity index (χ0n) is 11.0. The summed E-state index contributed by atoms with van der Waals surface area (Å²) < 4.78 is 5.45. The van der Waals surface area contributed by atoms with Crippen LogP contribution < -0.4 is 5.32 Å². The number of carboxylic acids is 1. The first-order valence-electron chi connectivity index (χ1n) is 6.03. The number of aryl methyl sites for hydroxylation is 1. The molecule has 0 saturated carbocycles. The highest BCUT2D eigenvalue weighted by atomic mass is 32.1. The van der Waals surface area contributed by atoms with E-state index in [-0.39, 0.29) is 0 Å². The lowest BCUT2D eigenvalue weighted by Crippen LogP contribution is -2.08. The van der Waals surface area contributed by atoms with Gasteiger partial charge in [-0.15, -0.1) is 0 Å². The van der Waals surface area contributed by atoms with E-state index in [9.17, 15) is 4.79 Å². The number of aromatic nitrogens is 1. The van der Waals surface area contributed by atoms with Gasteiger partial charge in [0.05, 0.1) is 5.69 Å². The molecule has 0 aliphatic rings. The van der Waals surface area contributed by atoms with Gasteiger partial charge in [0.15, 0.2) is 5.13 Å². The van der Waals surface area contributed by atoms with Crippen molar-refractivity contribution in [1.29, 1.82) is 0 Å². The molecule has 0 aliphatic heterocycles. The fourth-order valence-corrected chi connectivity index (χ4v) is 2.19. The summed E-state index contributed by atoms with van der Waals surface area (Å²) in [6, 6.07) is 0. The van der Waals surface area contributed by atoms with Crippen LogP contribution in [-0.4, -0.2) is 35.8 Å². The van der Waals surface area contributed by atoms with E-state index in [0.29, 0.717) is 28.2 Å². The molecule has 0 amide bonds. The van der Waals surface area contributed by atoms with Crippen LogP contribution >= 0.6 is 11.3 Å². The van der Waals surface area contributed by atoms with Gasteiger partial charge >= 0.3 is 5.97 Å². The maximum absolute atomic E-state index is 10.8. The average Bonchev–Trinajstić information content (AvgIpc) is 2.64. The molecule has 1 heterocycles. The zero-order valence-corrected chi connectivity index (χ0v) is 11.8. The molecule has 18 heavy (non-hydrogen) atoms. The Labute approximate surface area is 111 Å². The van der Waals surface area contributed by atoms with Crippen molar-refractivity contribution < 1.29 is 14.6 Å². The van der Waals surface area contributed by atoms with Crippen LogP contribution in [0.3, 0.4) is 0 Å². The number of carboxylic acid groups (broad SMARTS) is 1. The second-order valence-electron chi connectivity index (χ2n) is 4.49. The number of nitrogens with one attached hydrogen (secondary N) is 1. The van der Waals surface area contributed by atoms with Crippen LogP contribution in [0.4, 0.5) is 5.13 Å². The number of carbonyl (C=O) groups is 1. The first kappa shape index (κ1) is 14.9. The van der Waals surface area contributed by atoms with Crippen molar-refractivity contribution in [2.75, 3.05) is 25.1 Å². The van der Waals surface area contributed by atoms with Crippen LogP contribution in [0, 0.1) is 12.8 Å². The minimum atomic E-state index is -0.918. The molecule has 0 fully saturated rings. The molecule has 1 aromatic rings. The lowest BCUT2D eigenvalue weighted by molar-refractivity contribution is 0.0701. The largest absolute Gasteiger partial charge is 0.477 e. The Morgan fingerprint density at radius 2 is 2.28 bits per heavy atom. The van der Waals surface area contributed by atoms with Crippen molar-refractivity contribution in [2.45, 2.75) is 27.2 Å². The van der Waals surface area contributed by atoms with Crippen LogP contribution in [-0.2, 0) is 4.74 Å². The number of hydrogen-bond donors (Lipinski definition) is 2. The van der Waals surface area contributed by atoms with E-state index in [1.165, 1.54) is 11.3 Å². The molecule has 0 spiro atoms. The number of nitrogens with zero attached hydrogens (tertiary/aromatic N) is 1. The fraction of sp³-hybridized carbons (Fsp3) is 0.667. The monoisotopic (exact) mass is 272 g/mol. The van der Waals surface area contributed by atoms with Crippen molar-refractivity contribution >= 4 is 22.4 Å². The molecule has 0 atom stereocenters. The van der Waals surface area contributed by atoms with Gasteiger partial charge in [0.1, 0.15) is 4.88 Å². The summed E-state index contributed by atoms with van der Waals surface area (Å²) in [5.74, 6) is -0.365. The normalized spacial score (nSPS) is 10.9. The first-order valence-corrected chi connectivity index (χ1v) is 6.84. The van der Waals surface area contributed by atoms with E-state index in [1.54, 1.807) is 6.92 Å². The summed E-state index contributed by atoms with van der Waals surface area (Å²) in [7, 11) is 0. The number of ether oxygens (including phenoxy) is 1. The Morgan fingerprint density at radius 3 is 2.83 bits per heavy atom. The standard InChI is InChI=1S/C12H20N2O3S/c1-8(2)7-17-6-4-5-13-12-14-9(3)10(18-12)11(15)16/h8H,4-7H2,1-3H3,(H,13,14)(H,15,16). The average molecular weight is 272 g/mol. The fourth-order valence-electron chi connectivity index (χ4n) is 1.36. The van der Waals surface area contributed by atoms with Gasteiger partial charge < -0.3 is 15.2 Å². The van der Waals surface area contributed by atoms with Gasteiger partial charge in [-0.3, -0.25) is 0 Å². The molecule has 0 aliphatic carbocycles. The third kappa shape index (κ3) is 5.01. The first-order chi connectivity index (χ1) is 8.50. The predicted molar refractivity (Wildman–Crippen MR) is 72.6 cm³/mol. The quantitative estimate of drug-likeness (QED) is 0.712. The number of hydrogen-bond acceptors (Lipinski definition) is 5. The zero-order chi connectivity index (χ0) is 13.5. The number of thiazole rings is 1. The van der Waals surface area contributed by atoms with Gasteiger partial charge in [0.25, 0.3) is 0 Å². The van der Waals surface area contributed by atoms with Crippen molar-refractivity contribution in [3.63, 3.8) is 0 Å². The summed E-state index contributed by atoms with van der Waals surface area (Å²) in [6.45, 7) is 8.16. The second kappa shape index (κ2) is 7.33. The Kier molecular flexibility index (Phi) is 6.07. The SMILES string of the molecule is Cc1nc(NCCCOCC(C)C)sc1C(=O)O. The summed E-state index contributed by atoms with van der Waals surface area (Å²) in [5.41, 5.74) is 0.561. The summed E-state index contributed by atoms with van der Waals surface area (Å²) in [4.78, 5) is 15.3. The Morgan fingerprint density at radius 1 is 1.56 bits per heavy atom. The molecule has 0 bridgehead atoms. The maximum Gasteiger partial charge on any atom is 0.347 e. The molecule has 0 saturated heterocycles. The van der Waals surface area contributed by atoms with E-state index < -0.39 is 5.97 Å². The molecule has 1 aromatic heterocycles. The van der Waals surface area contributed by atoms with Crippen LogP contribution in [0.25, 0.3) is 0 Å². The van der Waals surface area contributed by atoms with Crippen molar-refractivity contribution in [3.8, 4) is 0 Å². The van der Waals surface area contributed by atoms with Crippen molar-refractivity contribution in [2.24, 2.45) is 5.92 Å². The van der Waals surface area contributed by atoms with Gasteiger partial charge in [-0.25, -0.2) is 9.78 Å². The Hall–Kier alpha value is -1.14. The Balaban J connectivity index is 2.23. The van der Waals surface area contributed by atoms with Crippen LogP contribution in [0.2, 0.25) is 0 Å². The highest BCUT2D eigenvalue weighted by Gasteiger charge is 2.13. The molecule has 6 heteroatoms. The molecule has 5 nitrogen and oxygen atoms in total. The number of aromatic carboxylic acids is 1. The van der Waals surface area contributed by atoms with Gasteiger partial charge in [0.2, 0.25) is 0 Å². The van der Waals surface area contributed by atoms with Crippen molar-refractivity contribution in [3.05, 3.63) is 10.6 Å². The highest BCUT2D eigenvalue weighted by molar-refractivity contribution is 7.17. The second-order valence-corrected chi connectivity index (χ2v) is 5.49. The lowest BCUT2D eigenvalue weighted by Gasteiger charge is -2.06. The molecule has 102 valence electrons. The Bertz CT molecular complexity index is 391. The smallest absolute Gasteiger partial charge is 0.347 e. The highest BCUT2D eigenvalue weighted by Crippen LogP contribution is 2.22. The molecular formula is C12H20N2O3S. The molecule has 0 radical (unpaired) electrons. The van der Waals surface area contributed by atoms with Gasteiger partial charge in [0, 0.05) is 19.8 Å². The van der Waals surface area contributed by atoms with E-state index in [2.05, 4.69) is 24.1 Å².